The molecule has 0 radical (unpaired) electrons. The van der Waals surface area contributed by atoms with Gasteiger partial charge in [-0.2, -0.15) is 0 Å². The standard InChI is InChI=1S/C27H26ClFO6/c1-2-31-27(30)25-12-5-18-4-8-21(17-26(18)35-25)32-14-3-15-33-24-13-11-22(16-23(24)28)34-20-9-6-19(29)7-10-20/h4,6-11,13,16-17,25H,2-3,5,12,14-15H2,1H3. The summed E-state index contributed by atoms with van der Waals surface area (Å²) in [7, 11) is 0. The molecule has 3 aromatic rings. The van der Waals surface area contributed by atoms with Crippen LogP contribution in [0.3, 0.4) is 0 Å². The van der Waals surface area contributed by atoms with Gasteiger partial charge in [-0.05, 0) is 67.8 Å². The monoisotopic (exact) mass is 500 g/mol. The van der Waals surface area contributed by atoms with E-state index in [0.29, 0.717) is 66.4 Å². The highest BCUT2D eigenvalue weighted by molar-refractivity contribution is 6.32. The van der Waals surface area contributed by atoms with Gasteiger partial charge in [0, 0.05) is 18.6 Å². The highest BCUT2D eigenvalue weighted by Gasteiger charge is 2.27. The number of ether oxygens (including phenoxy) is 5. The van der Waals surface area contributed by atoms with E-state index in [4.69, 9.17) is 35.3 Å². The Kier molecular flexibility index (Phi) is 8.32. The van der Waals surface area contributed by atoms with Gasteiger partial charge in [0.1, 0.15) is 34.6 Å². The molecule has 0 spiro atoms. The molecule has 0 amide bonds. The van der Waals surface area contributed by atoms with Gasteiger partial charge in [-0.1, -0.05) is 17.7 Å². The molecule has 8 heteroatoms. The van der Waals surface area contributed by atoms with Crippen LogP contribution in [0.25, 0.3) is 0 Å². The number of aryl methyl sites for hydroxylation is 1. The number of hydrogen-bond donors (Lipinski definition) is 0. The fourth-order valence-electron chi connectivity index (χ4n) is 3.57. The Bertz CT molecular complexity index is 1150. The Hall–Kier alpha value is -3.45. The molecule has 1 aliphatic rings. The fraction of sp³-hybridized carbons (Fsp3) is 0.296. The summed E-state index contributed by atoms with van der Waals surface area (Å²) in [4.78, 5) is 12.0. The normalized spacial score (nSPS) is 14.4. The molecule has 1 unspecified atom stereocenters. The van der Waals surface area contributed by atoms with E-state index < -0.39 is 6.10 Å². The lowest BCUT2D eigenvalue weighted by Gasteiger charge is -2.25. The summed E-state index contributed by atoms with van der Waals surface area (Å²) in [6, 6.07) is 16.5. The first-order valence-electron chi connectivity index (χ1n) is 11.5. The number of fused-ring (bicyclic) bond motifs is 1. The Morgan fingerprint density at radius 2 is 1.74 bits per heavy atom. The van der Waals surface area contributed by atoms with Crippen LogP contribution in [0.4, 0.5) is 4.39 Å². The van der Waals surface area contributed by atoms with E-state index >= 15 is 0 Å². The summed E-state index contributed by atoms with van der Waals surface area (Å²) in [5, 5.41) is 0.411. The predicted octanol–water partition coefficient (Wildman–Crippen LogP) is 6.38. The van der Waals surface area contributed by atoms with E-state index in [0.717, 1.165) is 12.0 Å². The molecular formula is C27H26ClFO6. The van der Waals surface area contributed by atoms with Crippen molar-refractivity contribution in [1.29, 1.82) is 0 Å². The van der Waals surface area contributed by atoms with Crippen molar-refractivity contribution in [1.82, 2.24) is 0 Å². The van der Waals surface area contributed by atoms with Crippen LogP contribution in [0.1, 0.15) is 25.3 Å². The molecule has 6 nitrogen and oxygen atoms in total. The lowest BCUT2D eigenvalue weighted by molar-refractivity contribution is -0.152. The van der Waals surface area contributed by atoms with Crippen molar-refractivity contribution in [2.45, 2.75) is 32.3 Å². The maximum atomic E-state index is 13.0. The van der Waals surface area contributed by atoms with E-state index in [9.17, 15) is 9.18 Å². The summed E-state index contributed by atoms with van der Waals surface area (Å²) in [6.07, 6.45) is 1.41. The van der Waals surface area contributed by atoms with Crippen LogP contribution in [0.15, 0.2) is 60.7 Å². The Morgan fingerprint density at radius 1 is 1.00 bits per heavy atom. The number of esters is 1. The van der Waals surface area contributed by atoms with Gasteiger partial charge in [0.05, 0.1) is 24.8 Å². The fourth-order valence-corrected chi connectivity index (χ4v) is 3.80. The van der Waals surface area contributed by atoms with E-state index in [1.807, 2.05) is 12.1 Å². The van der Waals surface area contributed by atoms with Crippen molar-refractivity contribution in [3.63, 3.8) is 0 Å². The molecule has 1 aliphatic heterocycles. The van der Waals surface area contributed by atoms with Crippen molar-refractivity contribution in [2.75, 3.05) is 19.8 Å². The zero-order chi connectivity index (χ0) is 24.6. The molecule has 0 aliphatic carbocycles. The van der Waals surface area contributed by atoms with Crippen molar-refractivity contribution in [3.8, 4) is 28.7 Å². The van der Waals surface area contributed by atoms with Crippen molar-refractivity contribution >= 4 is 17.6 Å². The van der Waals surface area contributed by atoms with Crippen LogP contribution >= 0.6 is 11.6 Å². The predicted molar refractivity (Wildman–Crippen MR) is 129 cm³/mol. The van der Waals surface area contributed by atoms with Gasteiger partial charge < -0.3 is 23.7 Å². The summed E-state index contributed by atoms with van der Waals surface area (Å²) >= 11 is 6.31. The zero-order valence-corrected chi connectivity index (χ0v) is 20.1. The lowest BCUT2D eigenvalue weighted by atomic mass is 10.0. The highest BCUT2D eigenvalue weighted by Crippen LogP contribution is 2.33. The molecule has 3 aromatic carbocycles. The van der Waals surface area contributed by atoms with Gasteiger partial charge in [0.15, 0.2) is 6.10 Å². The topological polar surface area (TPSA) is 63.2 Å². The lowest BCUT2D eigenvalue weighted by Crippen LogP contribution is -2.32. The molecule has 184 valence electrons. The van der Waals surface area contributed by atoms with Crippen LogP contribution in [-0.2, 0) is 16.0 Å². The number of hydrogen-bond acceptors (Lipinski definition) is 6. The van der Waals surface area contributed by atoms with Gasteiger partial charge >= 0.3 is 5.97 Å². The first-order chi connectivity index (χ1) is 17.0. The van der Waals surface area contributed by atoms with Crippen LogP contribution in [0.5, 0.6) is 28.7 Å². The van der Waals surface area contributed by atoms with E-state index in [1.54, 1.807) is 43.3 Å². The smallest absolute Gasteiger partial charge is 0.347 e. The molecule has 1 atom stereocenters. The Labute approximate surface area is 208 Å². The van der Waals surface area contributed by atoms with E-state index in [1.165, 1.54) is 12.1 Å². The first-order valence-corrected chi connectivity index (χ1v) is 11.8. The third-order valence-electron chi connectivity index (χ3n) is 5.30. The first kappa shape index (κ1) is 24.7. The third kappa shape index (κ3) is 6.79. The van der Waals surface area contributed by atoms with Crippen molar-refractivity contribution < 1.29 is 32.9 Å². The molecule has 0 N–H and O–H groups in total. The maximum Gasteiger partial charge on any atom is 0.347 e. The second-order valence-electron chi connectivity index (χ2n) is 7.87. The van der Waals surface area contributed by atoms with Gasteiger partial charge in [-0.25, -0.2) is 9.18 Å². The third-order valence-corrected chi connectivity index (χ3v) is 5.60. The average Bonchev–Trinajstić information content (AvgIpc) is 2.86. The number of rotatable bonds is 10. The van der Waals surface area contributed by atoms with E-state index in [-0.39, 0.29) is 11.8 Å². The van der Waals surface area contributed by atoms with Crippen LogP contribution in [0.2, 0.25) is 5.02 Å². The Morgan fingerprint density at radius 3 is 2.51 bits per heavy atom. The number of carbonyl (C=O) groups is 1. The molecule has 4 rings (SSSR count). The van der Waals surface area contributed by atoms with E-state index in [2.05, 4.69) is 0 Å². The van der Waals surface area contributed by atoms with Gasteiger partial charge in [-0.15, -0.1) is 0 Å². The quantitative estimate of drug-likeness (QED) is 0.238. The molecule has 0 saturated heterocycles. The molecule has 35 heavy (non-hydrogen) atoms. The SMILES string of the molecule is CCOC(=O)C1CCc2ccc(OCCCOc3ccc(Oc4ccc(F)cc4)cc3Cl)cc2O1. The van der Waals surface area contributed by atoms with Crippen LogP contribution in [-0.4, -0.2) is 31.9 Å². The summed E-state index contributed by atoms with van der Waals surface area (Å²) < 4.78 is 41.1. The average molecular weight is 501 g/mol. The minimum Gasteiger partial charge on any atom is -0.493 e. The number of carbonyl (C=O) groups excluding carboxylic acids is 1. The number of benzene rings is 3. The number of halogens is 2. The largest absolute Gasteiger partial charge is 0.493 e. The second kappa shape index (κ2) is 11.8. The molecule has 0 bridgehead atoms. The molecular weight excluding hydrogens is 475 g/mol. The molecule has 0 fully saturated rings. The summed E-state index contributed by atoms with van der Waals surface area (Å²) in [5.41, 5.74) is 1.04. The minimum atomic E-state index is -0.580. The zero-order valence-electron chi connectivity index (χ0n) is 19.3. The van der Waals surface area contributed by atoms with Crippen LogP contribution < -0.4 is 18.9 Å². The summed E-state index contributed by atoms with van der Waals surface area (Å²) in [6.45, 7) is 2.95. The van der Waals surface area contributed by atoms with Gasteiger partial charge in [-0.3, -0.25) is 0 Å². The van der Waals surface area contributed by atoms with Gasteiger partial charge in [0.2, 0.25) is 0 Å². The van der Waals surface area contributed by atoms with Crippen molar-refractivity contribution in [3.05, 3.63) is 77.1 Å². The molecule has 0 saturated carbocycles. The minimum absolute atomic E-state index is 0.328. The Balaban J connectivity index is 1.22. The molecule has 0 aromatic heterocycles. The summed E-state index contributed by atoms with van der Waals surface area (Å²) in [5.74, 6) is 2.21. The van der Waals surface area contributed by atoms with Crippen molar-refractivity contribution in [2.24, 2.45) is 0 Å². The highest BCUT2D eigenvalue weighted by atomic mass is 35.5. The second-order valence-corrected chi connectivity index (χ2v) is 8.27. The van der Waals surface area contributed by atoms with Gasteiger partial charge in [0.25, 0.3) is 0 Å². The maximum absolute atomic E-state index is 13.0. The molecule has 1 heterocycles. The van der Waals surface area contributed by atoms with Crippen LogP contribution in [0, 0.1) is 5.82 Å².